The van der Waals surface area contributed by atoms with Crippen molar-refractivity contribution in [3.05, 3.63) is 36.2 Å². The molecule has 0 saturated carbocycles. The van der Waals surface area contributed by atoms with Gasteiger partial charge in [-0.25, -0.2) is 19.2 Å². The second kappa shape index (κ2) is 6.64. The van der Waals surface area contributed by atoms with E-state index in [-0.39, 0.29) is 5.69 Å². The van der Waals surface area contributed by atoms with Crippen molar-refractivity contribution in [3.63, 3.8) is 0 Å². The van der Waals surface area contributed by atoms with Crippen molar-refractivity contribution in [3.8, 4) is 0 Å². The quantitative estimate of drug-likeness (QED) is 0.438. The fourth-order valence-corrected chi connectivity index (χ4v) is 1.15. The van der Waals surface area contributed by atoms with Gasteiger partial charge in [-0.2, -0.15) is 0 Å². The molecule has 0 aromatic carbocycles. The van der Waals surface area contributed by atoms with E-state index in [4.69, 9.17) is 5.73 Å². The molecule has 9 nitrogen and oxygen atoms in total. The monoisotopic (exact) mass is 279 g/mol. The lowest BCUT2D eigenvalue weighted by Crippen LogP contribution is -2.21. The minimum atomic E-state index is -1.36. The summed E-state index contributed by atoms with van der Waals surface area (Å²) in [7, 11) is 0. The molecule has 104 valence electrons. The van der Waals surface area contributed by atoms with Crippen molar-refractivity contribution in [1.82, 2.24) is 4.98 Å². The third-order valence-corrected chi connectivity index (χ3v) is 1.82. The third kappa shape index (κ3) is 4.56. The lowest BCUT2D eigenvalue weighted by Gasteiger charge is -2.04. The molecular formula is C11H9N3O6. The number of rotatable bonds is 3. The molecule has 0 fully saturated rings. The minimum absolute atomic E-state index is 0.0140. The summed E-state index contributed by atoms with van der Waals surface area (Å²) >= 11 is 0. The summed E-state index contributed by atoms with van der Waals surface area (Å²) in [6.45, 7) is 0. The number of nitrogens with zero attached hydrogens (tertiary/aromatic N) is 1. The second-order valence-corrected chi connectivity index (χ2v) is 3.22. The van der Waals surface area contributed by atoms with Gasteiger partial charge in [0.1, 0.15) is 0 Å². The van der Waals surface area contributed by atoms with E-state index in [9.17, 15) is 19.2 Å². The largest absolute Gasteiger partial charge is 0.412 e. The Morgan fingerprint density at radius 3 is 2.20 bits per heavy atom. The van der Waals surface area contributed by atoms with E-state index < -0.39 is 29.7 Å². The highest BCUT2D eigenvalue weighted by Crippen LogP contribution is 2.13. The predicted molar refractivity (Wildman–Crippen MR) is 63.6 cm³/mol. The summed E-state index contributed by atoms with van der Waals surface area (Å²) in [6.07, 6.45) is -0.770. The average Bonchev–Trinajstić information content (AvgIpc) is 2.35. The van der Waals surface area contributed by atoms with Crippen LogP contribution < -0.4 is 11.5 Å². The molecule has 0 aliphatic heterocycles. The zero-order valence-corrected chi connectivity index (χ0v) is 9.94. The van der Waals surface area contributed by atoms with Crippen molar-refractivity contribution in [2.45, 2.75) is 0 Å². The van der Waals surface area contributed by atoms with Gasteiger partial charge in [0.25, 0.3) is 0 Å². The van der Waals surface area contributed by atoms with Crippen LogP contribution in [0.4, 0.5) is 9.59 Å². The van der Waals surface area contributed by atoms with Gasteiger partial charge in [-0.15, -0.1) is 0 Å². The molecule has 1 aromatic heterocycles. The second-order valence-electron chi connectivity index (χ2n) is 3.22. The van der Waals surface area contributed by atoms with Gasteiger partial charge in [-0.05, 0) is 12.1 Å². The number of pyridine rings is 1. The van der Waals surface area contributed by atoms with Crippen LogP contribution in [0.3, 0.4) is 0 Å². The average molecular weight is 279 g/mol. The fourth-order valence-electron chi connectivity index (χ4n) is 1.15. The van der Waals surface area contributed by atoms with Crippen LogP contribution in [-0.4, -0.2) is 29.1 Å². The van der Waals surface area contributed by atoms with E-state index in [0.717, 1.165) is 0 Å². The molecule has 1 aromatic rings. The number of amides is 2. The van der Waals surface area contributed by atoms with Gasteiger partial charge in [-0.1, -0.05) is 6.07 Å². The van der Waals surface area contributed by atoms with E-state index in [2.05, 4.69) is 20.2 Å². The SMILES string of the molecule is NC(=O)OC(=O)/C=C(/C(=O)OC(N)=O)c1ccccn1. The number of carbonyl (C=O) groups excluding carboxylic acids is 4. The summed E-state index contributed by atoms with van der Waals surface area (Å²) in [5.41, 5.74) is 8.94. The Morgan fingerprint density at radius 1 is 1.05 bits per heavy atom. The zero-order valence-electron chi connectivity index (χ0n) is 9.94. The number of hydrogen-bond acceptors (Lipinski definition) is 7. The molecule has 0 unspecified atom stereocenters. The Bertz CT molecular complexity index is 581. The first-order chi connectivity index (χ1) is 9.40. The fraction of sp³-hybridized carbons (Fsp3) is 0. The highest BCUT2D eigenvalue weighted by Gasteiger charge is 2.19. The predicted octanol–water partition coefficient (Wildman–Crippen LogP) is -0.291. The van der Waals surface area contributed by atoms with Crippen molar-refractivity contribution < 1.29 is 28.7 Å². The maximum absolute atomic E-state index is 11.6. The Balaban J connectivity index is 3.11. The van der Waals surface area contributed by atoms with E-state index >= 15 is 0 Å². The first-order valence-corrected chi connectivity index (χ1v) is 5.06. The first-order valence-electron chi connectivity index (χ1n) is 5.06. The van der Waals surface area contributed by atoms with E-state index in [1.807, 2.05) is 0 Å². The molecule has 1 heterocycles. The number of aromatic nitrogens is 1. The van der Waals surface area contributed by atoms with Gasteiger partial charge in [0.2, 0.25) is 0 Å². The molecule has 4 N–H and O–H groups in total. The first kappa shape index (κ1) is 14.8. The van der Waals surface area contributed by atoms with Crippen LogP contribution in [0.15, 0.2) is 30.5 Å². The number of hydrogen-bond donors (Lipinski definition) is 2. The zero-order chi connectivity index (χ0) is 15.1. The van der Waals surface area contributed by atoms with Gasteiger partial charge in [0.05, 0.1) is 11.3 Å². The minimum Gasteiger partial charge on any atom is -0.373 e. The molecule has 0 aliphatic rings. The van der Waals surface area contributed by atoms with Crippen LogP contribution in [0.1, 0.15) is 5.69 Å². The number of esters is 2. The lowest BCUT2D eigenvalue weighted by atomic mass is 10.1. The Hall–Kier alpha value is -3.23. The van der Waals surface area contributed by atoms with Crippen molar-refractivity contribution in [1.29, 1.82) is 0 Å². The smallest absolute Gasteiger partial charge is 0.373 e. The molecule has 0 bridgehead atoms. The number of carbonyl (C=O) groups is 4. The van der Waals surface area contributed by atoms with Crippen molar-refractivity contribution >= 4 is 29.7 Å². The standard InChI is InChI=1S/C11H9N3O6/c12-10(17)19-8(15)5-6(9(16)20-11(13)18)7-3-1-2-4-14-7/h1-5H,(H2,12,17)(H2,13,18)/b6-5+. The Kier molecular flexibility index (Phi) is 4.92. The molecule has 9 heteroatoms. The Morgan fingerprint density at radius 2 is 1.70 bits per heavy atom. The van der Waals surface area contributed by atoms with E-state index in [1.165, 1.54) is 18.3 Å². The van der Waals surface area contributed by atoms with Crippen LogP contribution in [0, 0.1) is 0 Å². The van der Waals surface area contributed by atoms with Gasteiger partial charge in [-0.3, -0.25) is 4.98 Å². The molecule has 0 saturated heterocycles. The van der Waals surface area contributed by atoms with Crippen LogP contribution in [0.25, 0.3) is 5.57 Å². The lowest BCUT2D eigenvalue weighted by molar-refractivity contribution is -0.133. The molecule has 0 radical (unpaired) electrons. The third-order valence-electron chi connectivity index (χ3n) is 1.82. The molecule has 0 atom stereocenters. The van der Waals surface area contributed by atoms with Crippen molar-refractivity contribution in [2.75, 3.05) is 0 Å². The van der Waals surface area contributed by atoms with Gasteiger partial charge in [0, 0.05) is 12.3 Å². The molecular weight excluding hydrogens is 270 g/mol. The summed E-state index contributed by atoms with van der Waals surface area (Å²) in [5.74, 6) is -2.45. The molecule has 0 aliphatic carbocycles. The molecule has 0 spiro atoms. The molecule has 2 amide bonds. The van der Waals surface area contributed by atoms with E-state index in [1.54, 1.807) is 6.07 Å². The van der Waals surface area contributed by atoms with Gasteiger partial charge >= 0.3 is 24.1 Å². The maximum atomic E-state index is 11.6. The van der Waals surface area contributed by atoms with Crippen LogP contribution >= 0.6 is 0 Å². The number of primary amides is 2. The van der Waals surface area contributed by atoms with Crippen molar-refractivity contribution in [2.24, 2.45) is 11.5 Å². The van der Waals surface area contributed by atoms with Crippen LogP contribution in [-0.2, 0) is 19.1 Å². The highest BCUT2D eigenvalue weighted by molar-refractivity contribution is 6.22. The van der Waals surface area contributed by atoms with Gasteiger partial charge in [0.15, 0.2) is 0 Å². The summed E-state index contributed by atoms with van der Waals surface area (Å²) in [5, 5.41) is 0. The summed E-state index contributed by atoms with van der Waals surface area (Å²) < 4.78 is 8.17. The maximum Gasteiger partial charge on any atom is 0.412 e. The number of ether oxygens (including phenoxy) is 2. The summed E-state index contributed by atoms with van der Waals surface area (Å²) in [6, 6.07) is 4.45. The van der Waals surface area contributed by atoms with Crippen LogP contribution in [0.5, 0.6) is 0 Å². The van der Waals surface area contributed by atoms with Gasteiger partial charge < -0.3 is 20.9 Å². The van der Waals surface area contributed by atoms with Crippen LogP contribution in [0.2, 0.25) is 0 Å². The summed E-state index contributed by atoms with van der Waals surface area (Å²) in [4.78, 5) is 47.7. The number of nitrogens with two attached hydrogens (primary N) is 2. The highest BCUT2D eigenvalue weighted by atomic mass is 16.6. The topological polar surface area (TPSA) is 152 Å². The normalized spacial score (nSPS) is 10.5. The molecule has 20 heavy (non-hydrogen) atoms. The Labute approximate surface area is 112 Å². The van der Waals surface area contributed by atoms with E-state index in [0.29, 0.717) is 6.08 Å². The molecule has 1 rings (SSSR count).